The average Bonchev–Trinajstić information content (AvgIpc) is 2.19. The third-order valence-corrected chi connectivity index (χ3v) is 2.11. The lowest BCUT2D eigenvalue weighted by Crippen LogP contribution is -2.27. The SMILES string of the molecule is [CH2]C(CCN(CC)CC)OC(=O)C=C. The van der Waals surface area contributed by atoms with Crippen LogP contribution < -0.4 is 0 Å². The Morgan fingerprint density at radius 2 is 2.07 bits per heavy atom. The van der Waals surface area contributed by atoms with Gasteiger partial charge in [-0.15, -0.1) is 0 Å². The van der Waals surface area contributed by atoms with Crippen molar-refractivity contribution in [1.29, 1.82) is 0 Å². The summed E-state index contributed by atoms with van der Waals surface area (Å²) in [4.78, 5) is 13.1. The molecule has 81 valence electrons. The molecule has 0 aliphatic rings. The monoisotopic (exact) mass is 198 g/mol. The quantitative estimate of drug-likeness (QED) is 0.460. The van der Waals surface area contributed by atoms with E-state index in [1.54, 1.807) is 0 Å². The first-order chi connectivity index (χ1) is 6.63. The van der Waals surface area contributed by atoms with E-state index in [1.165, 1.54) is 0 Å². The molecular weight excluding hydrogens is 178 g/mol. The first kappa shape index (κ1) is 13.2. The van der Waals surface area contributed by atoms with Gasteiger partial charge in [-0.2, -0.15) is 0 Å². The van der Waals surface area contributed by atoms with Crippen LogP contribution in [0, 0.1) is 6.92 Å². The van der Waals surface area contributed by atoms with Gasteiger partial charge in [0.25, 0.3) is 0 Å². The van der Waals surface area contributed by atoms with Crippen molar-refractivity contribution in [2.24, 2.45) is 0 Å². The van der Waals surface area contributed by atoms with E-state index in [1.807, 2.05) is 0 Å². The van der Waals surface area contributed by atoms with Crippen molar-refractivity contribution >= 4 is 5.97 Å². The minimum Gasteiger partial charge on any atom is -0.459 e. The number of nitrogens with zero attached hydrogens (tertiary/aromatic N) is 1. The normalized spacial score (nSPS) is 12.6. The molecular formula is C11H20NO2. The summed E-state index contributed by atoms with van der Waals surface area (Å²) in [5.41, 5.74) is 0. The second-order valence-electron chi connectivity index (χ2n) is 3.08. The lowest BCUT2D eigenvalue weighted by atomic mass is 10.2. The fourth-order valence-corrected chi connectivity index (χ4v) is 1.14. The first-order valence-corrected chi connectivity index (χ1v) is 5.02. The van der Waals surface area contributed by atoms with Gasteiger partial charge >= 0.3 is 5.97 Å². The minimum atomic E-state index is -0.399. The van der Waals surface area contributed by atoms with E-state index in [0.717, 1.165) is 32.1 Å². The van der Waals surface area contributed by atoms with Crippen molar-refractivity contribution in [2.45, 2.75) is 26.4 Å². The summed E-state index contributed by atoms with van der Waals surface area (Å²) >= 11 is 0. The van der Waals surface area contributed by atoms with Gasteiger partial charge in [-0.05, 0) is 26.4 Å². The van der Waals surface area contributed by atoms with Crippen LogP contribution >= 0.6 is 0 Å². The summed E-state index contributed by atoms with van der Waals surface area (Å²) in [6.45, 7) is 14.2. The average molecular weight is 198 g/mol. The zero-order valence-electron chi connectivity index (χ0n) is 9.16. The highest BCUT2D eigenvalue weighted by Crippen LogP contribution is 2.00. The zero-order chi connectivity index (χ0) is 11.0. The van der Waals surface area contributed by atoms with E-state index in [0.29, 0.717) is 0 Å². The number of esters is 1. The molecule has 0 rings (SSSR count). The molecule has 0 aromatic carbocycles. The predicted octanol–water partition coefficient (Wildman–Crippen LogP) is 1.65. The number of ether oxygens (including phenoxy) is 1. The molecule has 0 bridgehead atoms. The van der Waals surface area contributed by atoms with Gasteiger partial charge in [0.15, 0.2) is 0 Å². The summed E-state index contributed by atoms with van der Waals surface area (Å²) in [6.07, 6.45) is 1.65. The molecule has 1 radical (unpaired) electrons. The maximum absolute atomic E-state index is 10.8. The van der Waals surface area contributed by atoms with E-state index in [4.69, 9.17) is 4.74 Å². The summed E-state index contributed by atoms with van der Waals surface area (Å²) in [6, 6.07) is 0. The van der Waals surface area contributed by atoms with E-state index in [9.17, 15) is 4.79 Å². The van der Waals surface area contributed by atoms with Gasteiger partial charge in [-0.3, -0.25) is 0 Å². The zero-order valence-corrected chi connectivity index (χ0v) is 9.16. The Kier molecular flexibility index (Phi) is 7.11. The molecule has 0 aliphatic carbocycles. The van der Waals surface area contributed by atoms with Crippen molar-refractivity contribution in [3.05, 3.63) is 19.6 Å². The minimum absolute atomic E-state index is 0.277. The van der Waals surface area contributed by atoms with Crippen LogP contribution in [0.25, 0.3) is 0 Å². The van der Waals surface area contributed by atoms with Crippen LogP contribution in [0.2, 0.25) is 0 Å². The number of hydrogen-bond donors (Lipinski definition) is 0. The predicted molar refractivity (Wildman–Crippen MR) is 57.8 cm³/mol. The molecule has 0 N–H and O–H groups in total. The molecule has 0 heterocycles. The fraction of sp³-hybridized carbons (Fsp3) is 0.636. The second kappa shape index (κ2) is 7.56. The topological polar surface area (TPSA) is 29.5 Å². The number of carbonyl (C=O) groups is 1. The van der Waals surface area contributed by atoms with E-state index >= 15 is 0 Å². The first-order valence-electron chi connectivity index (χ1n) is 5.02. The molecule has 0 fully saturated rings. The highest BCUT2D eigenvalue weighted by atomic mass is 16.5. The van der Waals surface area contributed by atoms with Crippen molar-refractivity contribution in [3.8, 4) is 0 Å². The molecule has 0 aromatic rings. The maximum Gasteiger partial charge on any atom is 0.330 e. The Balaban J connectivity index is 3.66. The fourth-order valence-electron chi connectivity index (χ4n) is 1.14. The van der Waals surface area contributed by atoms with Crippen LogP contribution in [-0.4, -0.2) is 36.6 Å². The summed E-state index contributed by atoms with van der Waals surface area (Å²) < 4.78 is 4.94. The Morgan fingerprint density at radius 1 is 1.50 bits per heavy atom. The van der Waals surface area contributed by atoms with Gasteiger partial charge in [0.1, 0.15) is 6.10 Å². The molecule has 3 heteroatoms. The molecule has 3 nitrogen and oxygen atoms in total. The van der Waals surface area contributed by atoms with E-state index in [2.05, 4.69) is 32.3 Å². The van der Waals surface area contributed by atoms with E-state index in [-0.39, 0.29) is 6.10 Å². The molecule has 0 saturated carbocycles. The number of carbonyl (C=O) groups excluding carboxylic acids is 1. The molecule has 0 aliphatic heterocycles. The molecule has 0 amide bonds. The summed E-state index contributed by atoms with van der Waals surface area (Å²) in [7, 11) is 0. The highest BCUT2D eigenvalue weighted by Gasteiger charge is 2.08. The van der Waals surface area contributed by atoms with Crippen LogP contribution in [-0.2, 0) is 9.53 Å². The van der Waals surface area contributed by atoms with Crippen LogP contribution in [0.5, 0.6) is 0 Å². The highest BCUT2D eigenvalue weighted by molar-refractivity contribution is 5.81. The Morgan fingerprint density at radius 3 is 2.50 bits per heavy atom. The standard InChI is InChI=1S/C11H20NO2/c1-5-11(13)14-10(4)8-9-12(6-2)7-3/h5,10H,1,4,6-9H2,2-3H3. The molecule has 14 heavy (non-hydrogen) atoms. The van der Waals surface area contributed by atoms with Gasteiger partial charge in [-0.25, -0.2) is 4.79 Å². The molecule has 1 unspecified atom stereocenters. The Bertz CT molecular complexity index is 176. The van der Waals surface area contributed by atoms with Crippen LogP contribution in [0.1, 0.15) is 20.3 Å². The maximum atomic E-state index is 10.8. The lowest BCUT2D eigenvalue weighted by Gasteiger charge is -2.20. The number of rotatable bonds is 7. The van der Waals surface area contributed by atoms with Gasteiger partial charge in [-0.1, -0.05) is 20.4 Å². The molecule has 0 aromatic heterocycles. The molecule has 0 saturated heterocycles. The summed E-state index contributed by atoms with van der Waals surface area (Å²) in [5, 5.41) is 0. The van der Waals surface area contributed by atoms with Gasteiger partial charge in [0.05, 0.1) is 0 Å². The van der Waals surface area contributed by atoms with Crippen LogP contribution in [0.4, 0.5) is 0 Å². The third kappa shape index (κ3) is 5.75. The van der Waals surface area contributed by atoms with Crippen molar-refractivity contribution in [1.82, 2.24) is 4.90 Å². The van der Waals surface area contributed by atoms with Gasteiger partial charge in [0.2, 0.25) is 0 Å². The third-order valence-electron chi connectivity index (χ3n) is 2.11. The Hall–Kier alpha value is -0.830. The Labute approximate surface area is 86.7 Å². The second-order valence-corrected chi connectivity index (χ2v) is 3.08. The van der Waals surface area contributed by atoms with Crippen LogP contribution in [0.3, 0.4) is 0 Å². The molecule has 1 atom stereocenters. The summed E-state index contributed by atoms with van der Waals surface area (Å²) in [5.74, 6) is -0.399. The van der Waals surface area contributed by atoms with Crippen molar-refractivity contribution in [3.63, 3.8) is 0 Å². The van der Waals surface area contributed by atoms with Crippen molar-refractivity contribution in [2.75, 3.05) is 19.6 Å². The van der Waals surface area contributed by atoms with Gasteiger partial charge in [0, 0.05) is 12.6 Å². The smallest absolute Gasteiger partial charge is 0.330 e. The lowest BCUT2D eigenvalue weighted by molar-refractivity contribution is -0.141. The largest absolute Gasteiger partial charge is 0.459 e. The number of hydrogen-bond acceptors (Lipinski definition) is 3. The van der Waals surface area contributed by atoms with Crippen LogP contribution in [0.15, 0.2) is 12.7 Å². The van der Waals surface area contributed by atoms with E-state index < -0.39 is 5.97 Å². The van der Waals surface area contributed by atoms with Crippen molar-refractivity contribution < 1.29 is 9.53 Å². The molecule has 0 spiro atoms. The van der Waals surface area contributed by atoms with Gasteiger partial charge < -0.3 is 9.64 Å².